The van der Waals surface area contributed by atoms with E-state index in [1.54, 1.807) is 32.0 Å². The van der Waals surface area contributed by atoms with Crippen LogP contribution in [0.25, 0.3) is 0 Å². The molecule has 0 aliphatic carbocycles. The maximum atomic E-state index is 13.5. The van der Waals surface area contributed by atoms with Gasteiger partial charge in [-0.25, -0.2) is 9.18 Å². The predicted molar refractivity (Wildman–Crippen MR) is 93.9 cm³/mol. The fourth-order valence-corrected chi connectivity index (χ4v) is 2.26. The average Bonchev–Trinajstić information content (AvgIpc) is 2.54. The number of amides is 2. The summed E-state index contributed by atoms with van der Waals surface area (Å²) in [6.45, 7) is 3.72. The normalized spacial score (nSPS) is 10.2. The summed E-state index contributed by atoms with van der Waals surface area (Å²) >= 11 is 3.04. The summed E-state index contributed by atoms with van der Waals surface area (Å²) in [5.41, 5.74) is 1.89. The minimum atomic E-state index is -0.570. The standard InChI is InChI=1S/C17H16BrFN2O3/c1-3-24-17(23)21-15-6-4-5-14(10(15)2)20-16(22)11-7-8-12(18)13(19)9-11/h4-9H,3H2,1-2H3,(H,20,22)(H,21,23). The van der Waals surface area contributed by atoms with Crippen LogP contribution >= 0.6 is 15.9 Å². The smallest absolute Gasteiger partial charge is 0.411 e. The lowest BCUT2D eigenvalue weighted by molar-refractivity contribution is 0.102. The van der Waals surface area contributed by atoms with Crippen molar-refractivity contribution in [2.24, 2.45) is 0 Å². The van der Waals surface area contributed by atoms with Crippen LogP contribution in [0.2, 0.25) is 0 Å². The molecule has 2 N–H and O–H groups in total. The van der Waals surface area contributed by atoms with Crippen LogP contribution in [-0.4, -0.2) is 18.6 Å². The average molecular weight is 395 g/mol. The van der Waals surface area contributed by atoms with Crippen LogP contribution in [-0.2, 0) is 4.74 Å². The number of nitrogens with one attached hydrogen (secondary N) is 2. The van der Waals surface area contributed by atoms with Crippen LogP contribution in [0.15, 0.2) is 40.9 Å². The molecule has 0 bridgehead atoms. The van der Waals surface area contributed by atoms with Gasteiger partial charge in [-0.15, -0.1) is 0 Å². The topological polar surface area (TPSA) is 67.4 Å². The summed E-state index contributed by atoms with van der Waals surface area (Å²) < 4.78 is 18.7. The molecule has 2 amide bonds. The van der Waals surface area contributed by atoms with Crippen molar-refractivity contribution in [3.8, 4) is 0 Å². The number of carbonyl (C=O) groups excluding carboxylic acids is 2. The zero-order valence-electron chi connectivity index (χ0n) is 13.2. The van der Waals surface area contributed by atoms with Gasteiger partial charge in [0.05, 0.1) is 11.1 Å². The molecular formula is C17H16BrFN2O3. The summed E-state index contributed by atoms with van der Waals surface area (Å²) in [6, 6.07) is 9.20. The lowest BCUT2D eigenvalue weighted by atomic mass is 10.1. The van der Waals surface area contributed by atoms with E-state index in [0.717, 1.165) is 6.07 Å². The predicted octanol–water partition coefficient (Wildman–Crippen LogP) is 4.72. The zero-order chi connectivity index (χ0) is 17.7. The minimum Gasteiger partial charge on any atom is -0.450 e. The molecule has 24 heavy (non-hydrogen) atoms. The Kier molecular flexibility index (Phi) is 5.92. The van der Waals surface area contributed by atoms with Crippen LogP contribution in [0.3, 0.4) is 0 Å². The van der Waals surface area contributed by atoms with Crippen molar-refractivity contribution in [1.82, 2.24) is 0 Å². The van der Waals surface area contributed by atoms with E-state index in [2.05, 4.69) is 26.6 Å². The highest BCUT2D eigenvalue weighted by atomic mass is 79.9. The summed E-state index contributed by atoms with van der Waals surface area (Å²) in [7, 11) is 0. The number of benzene rings is 2. The summed E-state index contributed by atoms with van der Waals surface area (Å²) in [4.78, 5) is 23.8. The maximum Gasteiger partial charge on any atom is 0.411 e. The highest BCUT2D eigenvalue weighted by molar-refractivity contribution is 9.10. The van der Waals surface area contributed by atoms with Crippen molar-refractivity contribution >= 4 is 39.3 Å². The molecule has 126 valence electrons. The van der Waals surface area contributed by atoms with Crippen LogP contribution < -0.4 is 10.6 Å². The van der Waals surface area contributed by atoms with Crippen LogP contribution in [0.5, 0.6) is 0 Å². The molecule has 0 radical (unpaired) electrons. The molecule has 2 rings (SSSR count). The Morgan fingerprint density at radius 3 is 2.46 bits per heavy atom. The summed E-state index contributed by atoms with van der Waals surface area (Å²) in [5, 5.41) is 5.31. The van der Waals surface area contributed by atoms with Crippen LogP contribution in [0.4, 0.5) is 20.6 Å². The van der Waals surface area contributed by atoms with E-state index in [0.29, 0.717) is 16.9 Å². The van der Waals surface area contributed by atoms with Gasteiger partial charge in [-0.2, -0.15) is 0 Å². The molecule has 0 fully saturated rings. The molecule has 0 saturated heterocycles. The SMILES string of the molecule is CCOC(=O)Nc1cccc(NC(=O)c2ccc(Br)c(F)c2)c1C. The summed E-state index contributed by atoms with van der Waals surface area (Å²) in [6.07, 6.45) is -0.570. The molecule has 2 aromatic rings. The van der Waals surface area contributed by atoms with Gasteiger partial charge in [0.25, 0.3) is 5.91 Å². The number of ether oxygens (including phenoxy) is 1. The molecule has 5 nitrogen and oxygen atoms in total. The number of hydrogen-bond donors (Lipinski definition) is 2. The monoisotopic (exact) mass is 394 g/mol. The molecule has 0 aromatic heterocycles. The van der Waals surface area contributed by atoms with Gasteiger partial charge in [0, 0.05) is 16.9 Å². The highest BCUT2D eigenvalue weighted by Crippen LogP contribution is 2.24. The summed E-state index contributed by atoms with van der Waals surface area (Å²) in [5.74, 6) is -0.963. The maximum absolute atomic E-state index is 13.5. The van der Waals surface area contributed by atoms with Crippen molar-refractivity contribution in [2.45, 2.75) is 13.8 Å². The van der Waals surface area contributed by atoms with Gasteiger partial charge in [-0.3, -0.25) is 10.1 Å². The van der Waals surface area contributed by atoms with Crippen LogP contribution in [0.1, 0.15) is 22.8 Å². The van der Waals surface area contributed by atoms with Gasteiger partial charge in [0.15, 0.2) is 0 Å². The van der Waals surface area contributed by atoms with E-state index >= 15 is 0 Å². The van der Waals surface area contributed by atoms with E-state index in [-0.39, 0.29) is 16.6 Å². The molecular weight excluding hydrogens is 379 g/mol. The molecule has 0 aliphatic rings. The second-order valence-corrected chi connectivity index (χ2v) is 5.76. The van der Waals surface area contributed by atoms with E-state index in [4.69, 9.17) is 4.74 Å². The number of anilines is 2. The lowest BCUT2D eigenvalue weighted by Crippen LogP contribution is -2.16. The van der Waals surface area contributed by atoms with Crippen molar-refractivity contribution in [1.29, 1.82) is 0 Å². The fourth-order valence-electron chi connectivity index (χ4n) is 2.02. The third-order valence-electron chi connectivity index (χ3n) is 3.28. The van der Waals surface area contributed by atoms with E-state index in [9.17, 15) is 14.0 Å². The second kappa shape index (κ2) is 7.92. The number of hydrogen-bond acceptors (Lipinski definition) is 3. The third kappa shape index (κ3) is 4.32. The molecule has 0 spiro atoms. The highest BCUT2D eigenvalue weighted by Gasteiger charge is 2.13. The van der Waals surface area contributed by atoms with Gasteiger partial charge < -0.3 is 10.1 Å². The second-order valence-electron chi connectivity index (χ2n) is 4.91. The Bertz CT molecular complexity index is 780. The first kappa shape index (κ1) is 17.9. The molecule has 0 unspecified atom stereocenters. The van der Waals surface area contributed by atoms with E-state index in [1.165, 1.54) is 12.1 Å². The van der Waals surface area contributed by atoms with Crippen LogP contribution in [0, 0.1) is 12.7 Å². The molecule has 0 atom stereocenters. The molecule has 0 aliphatic heterocycles. The molecule has 0 saturated carbocycles. The minimum absolute atomic E-state index is 0.193. The van der Waals surface area contributed by atoms with Gasteiger partial charge in [0.1, 0.15) is 5.82 Å². The molecule has 2 aromatic carbocycles. The Morgan fingerprint density at radius 1 is 1.17 bits per heavy atom. The van der Waals surface area contributed by atoms with Gasteiger partial charge >= 0.3 is 6.09 Å². The zero-order valence-corrected chi connectivity index (χ0v) is 14.7. The first-order chi connectivity index (χ1) is 11.4. The van der Waals surface area contributed by atoms with Gasteiger partial charge in [-0.05, 0) is 65.7 Å². The number of rotatable bonds is 4. The number of halogens is 2. The van der Waals surface area contributed by atoms with Gasteiger partial charge in [-0.1, -0.05) is 6.07 Å². The largest absolute Gasteiger partial charge is 0.450 e. The van der Waals surface area contributed by atoms with Crippen molar-refractivity contribution < 1.29 is 18.7 Å². The van der Waals surface area contributed by atoms with E-state index < -0.39 is 17.8 Å². The van der Waals surface area contributed by atoms with E-state index in [1.807, 2.05) is 0 Å². The Balaban J connectivity index is 2.18. The quantitative estimate of drug-likeness (QED) is 0.788. The third-order valence-corrected chi connectivity index (χ3v) is 3.92. The first-order valence-electron chi connectivity index (χ1n) is 7.22. The van der Waals surface area contributed by atoms with Gasteiger partial charge in [0.2, 0.25) is 0 Å². The number of carbonyl (C=O) groups is 2. The van der Waals surface area contributed by atoms with Crippen molar-refractivity contribution in [2.75, 3.05) is 17.2 Å². The fraction of sp³-hybridized carbons (Fsp3) is 0.176. The Hall–Kier alpha value is -2.41. The Morgan fingerprint density at radius 2 is 1.83 bits per heavy atom. The first-order valence-corrected chi connectivity index (χ1v) is 8.01. The van der Waals surface area contributed by atoms with Crippen molar-refractivity contribution in [3.63, 3.8) is 0 Å². The Labute approximate surface area is 147 Å². The molecule has 7 heteroatoms. The lowest BCUT2D eigenvalue weighted by Gasteiger charge is -2.13. The molecule has 0 heterocycles. The van der Waals surface area contributed by atoms with Crippen molar-refractivity contribution in [3.05, 3.63) is 57.8 Å².